The number of hydrogen-bond donors (Lipinski definition) is 1. The molecule has 1 rings (SSSR count). The van der Waals surface area contributed by atoms with Crippen molar-refractivity contribution in [1.29, 1.82) is 0 Å². The molecule has 0 aromatic rings. The molecule has 102 valence electrons. The molecule has 0 spiro atoms. The summed E-state index contributed by atoms with van der Waals surface area (Å²) in [4.78, 5) is 0. The molecule has 3 nitrogen and oxygen atoms in total. The summed E-state index contributed by atoms with van der Waals surface area (Å²) in [6.45, 7) is 5.02. The van der Waals surface area contributed by atoms with Gasteiger partial charge in [-0.15, -0.1) is 0 Å². The molecule has 1 fully saturated rings. The first-order valence-corrected chi connectivity index (χ1v) is 6.88. The van der Waals surface area contributed by atoms with Crippen molar-refractivity contribution >= 4 is 0 Å². The van der Waals surface area contributed by atoms with Crippen LogP contribution >= 0.6 is 0 Å². The molecule has 0 amide bonds. The van der Waals surface area contributed by atoms with Crippen LogP contribution in [0.2, 0.25) is 0 Å². The van der Waals surface area contributed by atoms with Crippen molar-refractivity contribution in [2.75, 3.05) is 13.7 Å². The van der Waals surface area contributed by atoms with E-state index in [4.69, 9.17) is 9.47 Å². The largest absolute Gasteiger partial charge is 0.393 e. The summed E-state index contributed by atoms with van der Waals surface area (Å²) in [7, 11) is 1.72. The van der Waals surface area contributed by atoms with Gasteiger partial charge in [-0.3, -0.25) is 0 Å². The normalized spacial score (nSPS) is 23.6. The van der Waals surface area contributed by atoms with E-state index in [0.29, 0.717) is 6.10 Å². The van der Waals surface area contributed by atoms with E-state index in [2.05, 4.69) is 13.8 Å². The van der Waals surface area contributed by atoms with E-state index in [-0.39, 0.29) is 11.7 Å². The second-order valence-electron chi connectivity index (χ2n) is 5.72. The molecule has 1 aliphatic heterocycles. The zero-order chi connectivity index (χ0) is 12.7. The third kappa shape index (κ3) is 6.39. The zero-order valence-electron chi connectivity index (χ0n) is 11.6. The number of aliphatic hydroxyl groups excluding tert-OH is 1. The molecule has 1 heterocycles. The third-order valence-corrected chi connectivity index (χ3v) is 3.73. The van der Waals surface area contributed by atoms with E-state index in [1.807, 2.05) is 0 Å². The third-order valence-electron chi connectivity index (χ3n) is 3.73. The fraction of sp³-hybridized carbons (Fsp3) is 1.00. The van der Waals surface area contributed by atoms with Crippen molar-refractivity contribution in [3.8, 4) is 0 Å². The Morgan fingerprint density at radius 3 is 2.71 bits per heavy atom. The van der Waals surface area contributed by atoms with E-state index in [0.717, 1.165) is 38.7 Å². The van der Waals surface area contributed by atoms with Crippen molar-refractivity contribution in [1.82, 2.24) is 0 Å². The molecule has 1 aliphatic rings. The van der Waals surface area contributed by atoms with Gasteiger partial charge in [-0.2, -0.15) is 0 Å². The van der Waals surface area contributed by atoms with Crippen molar-refractivity contribution < 1.29 is 14.6 Å². The van der Waals surface area contributed by atoms with E-state index in [9.17, 15) is 5.11 Å². The predicted octanol–water partition coefficient (Wildman–Crippen LogP) is 2.90. The Kier molecular flexibility index (Phi) is 6.45. The quantitative estimate of drug-likeness (QED) is 0.748. The van der Waals surface area contributed by atoms with E-state index in [1.165, 1.54) is 12.8 Å². The maximum Gasteiger partial charge on any atom is 0.0623 e. The van der Waals surface area contributed by atoms with Crippen molar-refractivity contribution in [2.45, 2.75) is 76.6 Å². The zero-order valence-corrected chi connectivity index (χ0v) is 11.6. The smallest absolute Gasteiger partial charge is 0.0623 e. The van der Waals surface area contributed by atoms with Gasteiger partial charge < -0.3 is 14.6 Å². The predicted molar refractivity (Wildman–Crippen MR) is 69.2 cm³/mol. The Hall–Kier alpha value is -0.120. The fourth-order valence-corrected chi connectivity index (χ4v) is 2.17. The van der Waals surface area contributed by atoms with Crippen LogP contribution in [0.1, 0.15) is 58.8 Å². The molecular formula is C14H28O3. The minimum Gasteiger partial charge on any atom is -0.393 e. The van der Waals surface area contributed by atoms with Crippen LogP contribution < -0.4 is 0 Å². The molecule has 0 bridgehead atoms. The molecular weight excluding hydrogens is 216 g/mol. The van der Waals surface area contributed by atoms with Gasteiger partial charge in [0, 0.05) is 13.7 Å². The van der Waals surface area contributed by atoms with Crippen LogP contribution in [-0.4, -0.2) is 36.6 Å². The van der Waals surface area contributed by atoms with Crippen molar-refractivity contribution in [3.05, 3.63) is 0 Å². The van der Waals surface area contributed by atoms with Crippen LogP contribution in [-0.2, 0) is 9.47 Å². The number of methoxy groups -OCH3 is 1. The van der Waals surface area contributed by atoms with Gasteiger partial charge in [0.25, 0.3) is 0 Å². The summed E-state index contributed by atoms with van der Waals surface area (Å²) in [5, 5.41) is 9.93. The molecule has 2 unspecified atom stereocenters. The summed E-state index contributed by atoms with van der Waals surface area (Å²) in [6, 6.07) is 0. The van der Waals surface area contributed by atoms with Crippen LogP contribution in [0.4, 0.5) is 0 Å². The summed E-state index contributed by atoms with van der Waals surface area (Å²) in [5.74, 6) is 0. The molecule has 2 atom stereocenters. The lowest BCUT2D eigenvalue weighted by atomic mass is 9.96. The van der Waals surface area contributed by atoms with Gasteiger partial charge in [-0.25, -0.2) is 0 Å². The molecule has 3 heteroatoms. The lowest BCUT2D eigenvalue weighted by Crippen LogP contribution is -2.25. The first kappa shape index (κ1) is 14.9. The molecule has 1 saturated heterocycles. The van der Waals surface area contributed by atoms with Crippen LogP contribution in [0.3, 0.4) is 0 Å². The van der Waals surface area contributed by atoms with E-state index >= 15 is 0 Å². The van der Waals surface area contributed by atoms with Crippen molar-refractivity contribution in [2.24, 2.45) is 0 Å². The highest BCUT2D eigenvalue weighted by Crippen LogP contribution is 2.21. The van der Waals surface area contributed by atoms with Crippen LogP contribution in [0.15, 0.2) is 0 Å². The van der Waals surface area contributed by atoms with Gasteiger partial charge in [-0.05, 0) is 58.8 Å². The lowest BCUT2D eigenvalue weighted by Gasteiger charge is -2.26. The monoisotopic (exact) mass is 244 g/mol. The molecule has 0 aromatic heterocycles. The number of aliphatic hydroxyl groups is 1. The summed E-state index contributed by atoms with van der Waals surface area (Å²) < 4.78 is 11.0. The molecule has 17 heavy (non-hydrogen) atoms. The van der Waals surface area contributed by atoms with Crippen LogP contribution in [0.5, 0.6) is 0 Å². The highest BCUT2D eigenvalue weighted by Gasteiger charge is 2.20. The molecule has 1 N–H and O–H groups in total. The standard InChI is InChI=1S/C14H28O3/c1-14(2,16-3)10-9-12(15)7-8-13-6-4-5-11-17-13/h12-13,15H,4-11H2,1-3H3. The maximum absolute atomic E-state index is 9.93. The summed E-state index contributed by atoms with van der Waals surface area (Å²) in [6.07, 6.45) is 7.36. The number of rotatable bonds is 7. The molecule has 0 aromatic carbocycles. The highest BCUT2D eigenvalue weighted by molar-refractivity contribution is 4.72. The number of ether oxygens (including phenoxy) is 2. The Bertz CT molecular complexity index is 198. The number of hydrogen-bond acceptors (Lipinski definition) is 3. The Labute approximate surface area is 105 Å². The van der Waals surface area contributed by atoms with Crippen LogP contribution in [0, 0.1) is 0 Å². The van der Waals surface area contributed by atoms with Crippen molar-refractivity contribution in [3.63, 3.8) is 0 Å². The minimum atomic E-state index is -0.213. The molecule has 0 aliphatic carbocycles. The van der Waals surface area contributed by atoms with Gasteiger partial charge in [0.2, 0.25) is 0 Å². The Balaban J connectivity index is 2.10. The first-order chi connectivity index (χ1) is 8.03. The van der Waals surface area contributed by atoms with Crippen LogP contribution in [0.25, 0.3) is 0 Å². The summed E-state index contributed by atoms with van der Waals surface area (Å²) >= 11 is 0. The summed E-state index contributed by atoms with van der Waals surface area (Å²) in [5.41, 5.74) is -0.123. The Morgan fingerprint density at radius 1 is 1.35 bits per heavy atom. The van der Waals surface area contributed by atoms with Gasteiger partial charge in [0.15, 0.2) is 0 Å². The first-order valence-electron chi connectivity index (χ1n) is 6.88. The van der Waals surface area contributed by atoms with E-state index < -0.39 is 0 Å². The van der Waals surface area contributed by atoms with Gasteiger partial charge in [0.05, 0.1) is 17.8 Å². The second kappa shape index (κ2) is 7.34. The van der Waals surface area contributed by atoms with Gasteiger partial charge in [-0.1, -0.05) is 0 Å². The molecule has 0 radical (unpaired) electrons. The SMILES string of the molecule is COC(C)(C)CCC(O)CCC1CCCCO1. The average molecular weight is 244 g/mol. The minimum absolute atomic E-state index is 0.123. The second-order valence-corrected chi connectivity index (χ2v) is 5.72. The fourth-order valence-electron chi connectivity index (χ4n) is 2.17. The molecule has 0 saturated carbocycles. The highest BCUT2D eigenvalue weighted by atomic mass is 16.5. The van der Waals surface area contributed by atoms with Gasteiger partial charge in [0.1, 0.15) is 0 Å². The topological polar surface area (TPSA) is 38.7 Å². The lowest BCUT2D eigenvalue weighted by molar-refractivity contribution is -0.00983. The van der Waals surface area contributed by atoms with Gasteiger partial charge >= 0.3 is 0 Å². The average Bonchev–Trinajstić information content (AvgIpc) is 2.35. The Morgan fingerprint density at radius 2 is 2.12 bits per heavy atom. The maximum atomic E-state index is 9.93. The van der Waals surface area contributed by atoms with E-state index in [1.54, 1.807) is 7.11 Å².